The molecule has 2 N–H and O–H groups in total. The van der Waals surface area contributed by atoms with Crippen molar-refractivity contribution in [1.82, 2.24) is 4.72 Å². The molecule has 20 heavy (non-hydrogen) atoms. The molecule has 0 radical (unpaired) electrons. The maximum Gasteiger partial charge on any atom is 0.240 e. The van der Waals surface area contributed by atoms with E-state index in [9.17, 15) is 16.8 Å². The van der Waals surface area contributed by atoms with E-state index in [0.29, 0.717) is 11.3 Å². The van der Waals surface area contributed by atoms with Gasteiger partial charge in [-0.1, -0.05) is 6.07 Å². The van der Waals surface area contributed by atoms with Gasteiger partial charge in [-0.2, -0.15) is 0 Å². The Bertz CT molecular complexity index is 681. The van der Waals surface area contributed by atoms with Crippen LogP contribution in [0.15, 0.2) is 23.1 Å². The molecule has 1 unspecified atom stereocenters. The summed E-state index contributed by atoms with van der Waals surface area (Å²) in [6, 6.07) is 4.60. The van der Waals surface area contributed by atoms with Gasteiger partial charge >= 0.3 is 0 Å². The summed E-state index contributed by atoms with van der Waals surface area (Å²) in [6.45, 7) is 3.43. The van der Waals surface area contributed by atoms with E-state index in [2.05, 4.69) is 10.0 Å². The Hall–Kier alpha value is -1.12. The molecule has 0 aliphatic carbocycles. The Morgan fingerprint density at radius 1 is 1.20 bits per heavy atom. The van der Waals surface area contributed by atoms with Gasteiger partial charge in [0.1, 0.15) is 9.84 Å². The lowest BCUT2D eigenvalue weighted by molar-refractivity contribution is 0.587. The number of anilines is 1. The summed E-state index contributed by atoms with van der Waals surface area (Å²) in [4.78, 5) is 0.177. The van der Waals surface area contributed by atoms with Gasteiger partial charge in [0, 0.05) is 18.0 Å². The zero-order valence-electron chi connectivity index (χ0n) is 12.0. The molecule has 8 heteroatoms. The van der Waals surface area contributed by atoms with E-state index in [1.165, 1.54) is 13.1 Å². The third kappa shape index (κ3) is 4.77. The molecule has 114 valence electrons. The summed E-state index contributed by atoms with van der Waals surface area (Å²) < 4.78 is 48.4. The first-order valence-electron chi connectivity index (χ1n) is 6.03. The molecule has 0 amide bonds. The number of nitrogens with one attached hydrogen (secondary N) is 2. The number of sulfone groups is 1. The van der Waals surface area contributed by atoms with Crippen molar-refractivity contribution in [3.05, 3.63) is 23.8 Å². The van der Waals surface area contributed by atoms with Gasteiger partial charge in [-0.15, -0.1) is 0 Å². The second-order valence-corrected chi connectivity index (χ2v) is 8.87. The number of hydrogen-bond donors (Lipinski definition) is 2. The van der Waals surface area contributed by atoms with Crippen LogP contribution >= 0.6 is 0 Å². The van der Waals surface area contributed by atoms with Crippen LogP contribution in [0.25, 0.3) is 0 Å². The Morgan fingerprint density at radius 3 is 2.30 bits per heavy atom. The first-order chi connectivity index (χ1) is 9.05. The highest BCUT2D eigenvalue weighted by Gasteiger charge is 2.16. The van der Waals surface area contributed by atoms with Crippen molar-refractivity contribution in [1.29, 1.82) is 0 Å². The summed E-state index contributed by atoms with van der Waals surface area (Å²) in [5, 5.41) is 2.99. The van der Waals surface area contributed by atoms with Crippen LogP contribution in [0.4, 0.5) is 5.69 Å². The largest absolute Gasteiger partial charge is 0.382 e. The average Bonchev–Trinajstić information content (AvgIpc) is 2.29. The highest BCUT2D eigenvalue weighted by Crippen LogP contribution is 2.20. The fraction of sp³-hybridized carbons (Fsp3) is 0.500. The van der Waals surface area contributed by atoms with E-state index in [1.54, 1.807) is 26.0 Å². The number of hydrogen-bond acceptors (Lipinski definition) is 5. The summed E-state index contributed by atoms with van der Waals surface area (Å²) in [6.07, 6.45) is 1.16. The van der Waals surface area contributed by atoms with E-state index in [0.717, 1.165) is 6.26 Å². The van der Waals surface area contributed by atoms with E-state index < -0.39 is 19.9 Å². The van der Waals surface area contributed by atoms with Crippen molar-refractivity contribution in [3.8, 4) is 0 Å². The molecule has 0 spiro atoms. The Balaban J connectivity index is 3.03. The molecule has 0 saturated heterocycles. The Labute approximate surface area is 120 Å². The number of aryl methyl sites for hydroxylation is 1. The summed E-state index contributed by atoms with van der Waals surface area (Å²) in [5.41, 5.74) is 1.20. The van der Waals surface area contributed by atoms with E-state index in [4.69, 9.17) is 0 Å². The Kier molecular flexibility index (Phi) is 5.17. The molecular formula is C12H20N2O4S2. The van der Waals surface area contributed by atoms with Gasteiger partial charge in [-0.25, -0.2) is 21.6 Å². The molecule has 0 fully saturated rings. The molecule has 0 saturated carbocycles. The predicted molar refractivity (Wildman–Crippen MR) is 80.2 cm³/mol. The number of benzene rings is 1. The van der Waals surface area contributed by atoms with Gasteiger partial charge in [0.2, 0.25) is 10.0 Å². The lowest BCUT2D eigenvalue weighted by atomic mass is 10.2. The third-order valence-electron chi connectivity index (χ3n) is 2.71. The van der Waals surface area contributed by atoms with Gasteiger partial charge in [-0.05, 0) is 38.6 Å². The van der Waals surface area contributed by atoms with Crippen LogP contribution in [0, 0.1) is 6.92 Å². The fourth-order valence-electron chi connectivity index (χ4n) is 1.87. The molecule has 1 aromatic carbocycles. The molecule has 0 aliphatic rings. The number of rotatable bonds is 6. The van der Waals surface area contributed by atoms with Gasteiger partial charge in [0.15, 0.2) is 0 Å². The molecule has 0 bridgehead atoms. The maximum absolute atomic E-state index is 11.9. The normalized spacial score (nSPS) is 14.0. The van der Waals surface area contributed by atoms with E-state index >= 15 is 0 Å². The molecule has 1 atom stereocenters. The SMILES string of the molecule is CNS(=O)(=O)c1cc(NC(C)CS(C)(=O)=O)ccc1C. The van der Waals surface area contributed by atoms with Gasteiger partial charge in [0.25, 0.3) is 0 Å². The molecular weight excluding hydrogens is 300 g/mol. The molecule has 1 rings (SSSR count). The van der Waals surface area contributed by atoms with E-state index in [-0.39, 0.29) is 16.7 Å². The van der Waals surface area contributed by atoms with Crippen LogP contribution in [-0.2, 0) is 19.9 Å². The Morgan fingerprint density at radius 2 is 1.80 bits per heavy atom. The number of sulfonamides is 1. The first kappa shape index (κ1) is 16.9. The van der Waals surface area contributed by atoms with Crippen LogP contribution in [0.2, 0.25) is 0 Å². The van der Waals surface area contributed by atoms with Crippen molar-refractivity contribution in [2.45, 2.75) is 24.8 Å². The minimum absolute atomic E-state index is 0.0189. The minimum Gasteiger partial charge on any atom is -0.382 e. The quantitative estimate of drug-likeness (QED) is 0.807. The molecule has 1 aromatic rings. The standard InChI is InChI=1S/C12H20N2O4S2/c1-9-5-6-11(7-12(9)20(17,18)13-3)14-10(2)8-19(4,15)16/h5-7,10,13-14H,8H2,1-4H3. The zero-order valence-corrected chi connectivity index (χ0v) is 13.6. The van der Waals surface area contributed by atoms with E-state index in [1.807, 2.05) is 0 Å². The van der Waals surface area contributed by atoms with Crippen LogP contribution in [-0.4, -0.2) is 41.9 Å². The monoisotopic (exact) mass is 320 g/mol. The lowest BCUT2D eigenvalue weighted by Crippen LogP contribution is -2.25. The van der Waals surface area contributed by atoms with Crippen LogP contribution < -0.4 is 10.0 Å². The van der Waals surface area contributed by atoms with Crippen LogP contribution in [0.5, 0.6) is 0 Å². The van der Waals surface area contributed by atoms with Crippen LogP contribution in [0.1, 0.15) is 12.5 Å². The highest BCUT2D eigenvalue weighted by molar-refractivity contribution is 7.90. The van der Waals surface area contributed by atoms with Gasteiger partial charge in [0.05, 0.1) is 10.6 Å². The summed E-state index contributed by atoms with van der Waals surface area (Å²) >= 11 is 0. The van der Waals surface area contributed by atoms with Gasteiger partial charge in [-0.3, -0.25) is 0 Å². The topological polar surface area (TPSA) is 92.3 Å². The highest BCUT2D eigenvalue weighted by atomic mass is 32.2. The molecule has 0 aromatic heterocycles. The summed E-state index contributed by atoms with van der Waals surface area (Å²) in [5.74, 6) is -0.0189. The minimum atomic E-state index is -3.53. The fourth-order valence-corrected chi connectivity index (χ4v) is 3.86. The maximum atomic E-state index is 11.9. The van der Waals surface area contributed by atoms with Crippen molar-refractivity contribution >= 4 is 25.5 Å². The van der Waals surface area contributed by atoms with Crippen molar-refractivity contribution in [2.75, 3.05) is 24.4 Å². The van der Waals surface area contributed by atoms with Crippen molar-refractivity contribution in [3.63, 3.8) is 0 Å². The second kappa shape index (κ2) is 6.11. The second-order valence-electron chi connectivity index (χ2n) is 4.83. The third-order valence-corrected chi connectivity index (χ3v) is 5.37. The summed E-state index contributed by atoms with van der Waals surface area (Å²) in [7, 11) is -5.27. The molecule has 0 heterocycles. The molecule has 0 aliphatic heterocycles. The lowest BCUT2D eigenvalue weighted by Gasteiger charge is -2.16. The predicted octanol–water partition coefficient (Wildman–Crippen LogP) is 0.748. The zero-order chi connectivity index (χ0) is 15.6. The van der Waals surface area contributed by atoms with Crippen molar-refractivity contribution in [2.24, 2.45) is 0 Å². The average molecular weight is 320 g/mol. The first-order valence-corrected chi connectivity index (χ1v) is 9.58. The smallest absolute Gasteiger partial charge is 0.240 e. The van der Waals surface area contributed by atoms with Gasteiger partial charge < -0.3 is 5.32 Å². The van der Waals surface area contributed by atoms with Crippen molar-refractivity contribution < 1.29 is 16.8 Å². The van der Waals surface area contributed by atoms with Crippen LogP contribution in [0.3, 0.4) is 0 Å². The molecule has 6 nitrogen and oxygen atoms in total.